The number of aryl methyl sites for hydroxylation is 1. The lowest BCUT2D eigenvalue weighted by molar-refractivity contribution is 0.155. The fourth-order valence-electron chi connectivity index (χ4n) is 2.68. The molecule has 0 aliphatic heterocycles. The molecule has 1 heterocycles. The molecule has 1 aliphatic rings. The zero-order valence-corrected chi connectivity index (χ0v) is 12.4. The molecule has 21 heavy (non-hydrogen) atoms. The maximum absolute atomic E-state index is 12.2. The van der Waals surface area contributed by atoms with Crippen molar-refractivity contribution in [1.29, 1.82) is 0 Å². The fraction of sp³-hybridized carbons (Fsp3) is 0.471. The average molecular weight is 286 g/mol. The summed E-state index contributed by atoms with van der Waals surface area (Å²) >= 11 is 0. The second-order valence-corrected chi connectivity index (χ2v) is 5.88. The summed E-state index contributed by atoms with van der Waals surface area (Å²) in [4.78, 5) is 12.2. The van der Waals surface area contributed by atoms with E-state index in [-0.39, 0.29) is 5.69 Å². The highest BCUT2D eigenvalue weighted by Crippen LogP contribution is 2.33. The molecule has 1 aromatic carbocycles. The maximum Gasteiger partial charge on any atom is 0.328 e. The SMILES string of the molecule is CCCc1ccc(C(O)Cn2ccn(C3CC3)c2=O)cc1. The standard InChI is InChI=1S/C17H22N2O2/c1-2-3-13-4-6-14(7-5-13)16(20)12-18-10-11-19(17(18)21)15-8-9-15/h4-7,10-11,15-16,20H,2-3,8-9,12H2,1H3. The summed E-state index contributed by atoms with van der Waals surface area (Å²) in [5.41, 5.74) is 2.13. The van der Waals surface area contributed by atoms with Crippen LogP contribution in [0, 0.1) is 0 Å². The Labute approximate surface area is 124 Å². The number of aromatic nitrogens is 2. The molecule has 3 rings (SSSR count). The van der Waals surface area contributed by atoms with Crippen molar-refractivity contribution in [2.24, 2.45) is 0 Å². The molecule has 0 bridgehead atoms. The monoisotopic (exact) mass is 286 g/mol. The van der Waals surface area contributed by atoms with Crippen molar-refractivity contribution in [1.82, 2.24) is 9.13 Å². The van der Waals surface area contributed by atoms with E-state index in [1.54, 1.807) is 15.3 Å². The van der Waals surface area contributed by atoms with Gasteiger partial charge in [0.15, 0.2) is 0 Å². The van der Waals surface area contributed by atoms with Crippen LogP contribution in [0.2, 0.25) is 0 Å². The van der Waals surface area contributed by atoms with E-state index in [0.29, 0.717) is 12.6 Å². The minimum absolute atomic E-state index is 0.0147. The topological polar surface area (TPSA) is 47.2 Å². The molecular formula is C17H22N2O2. The third-order valence-electron chi connectivity index (χ3n) is 4.09. The van der Waals surface area contributed by atoms with Gasteiger partial charge in [-0.2, -0.15) is 0 Å². The number of imidazole rings is 1. The number of hydrogen-bond acceptors (Lipinski definition) is 2. The molecule has 2 aromatic rings. The van der Waals surface area contributed by atoms with Gasteiger partial charge in [-0.05, 0) is 30.4 Å². The summed E-state index contributed by atoms with van der Waals surface area (Å²) in [6, 6.07) is 8.40. The van der Waals surface area contributed by atoms with Crippen LogP contribution in [0.1, 0.15) is 49.5 Å². The summed E-state index contributed by atoms with van der Waals surface area (Å²) in [6.45, 7) is 2.46. The quantitative estimate of drug-likeness (QED) is 0.887. The van der Waals surface area contributed by atoms with Gasteiger partial charge in [0, 0.05) is 18.4 Å². The molecule has 112 valence electrons. The van der Waals surface area contributed by atoms with E-state index < -0.39 is 6.10 Å². The highest BCUT2D eigenvalue weighted by Gasteiger charge is 2.25. The summed E-state index contributed by atoms with van der Waals surface area (Å²) in [7, 11) is 0. The van der Waals surface area contributed by atoms with E-state index in [2.05, 4.69) is 19.1 Å². The summed E-state index contributed by atoms with van der Waals surface area (Å²) in [5.74, 6) is 0. The van der Waals surface area contributed by atoms with Crippen molar-refractivity contribution >= 4 is 0 Å². The molecule has 1 fully saturated rings. The third-order valence-corrected chi connectivity index (χ3v) is 4.09. The Morgan fingerprint density at radius 1 is 1.24 bits per heavy atom. The highest BCUT2D eigenvalue weighted by molar-refractivity contribution is 5.24. The molecule has 0 amide bonds. The van der Waals surface area contributed by atoms with Crippen molar-refractivity contribution in [3.8, 4) is 0 Å². The van der Waals surface area contributed by atoms with Gasteiger partial charge in [0.25, 0.3) is 0 Å². The molecule has 1 atom stereocenters. The molecule has 1 aliphatic carbocycles. The largest absolute Gasteiger partial charge is 0.387 e. The zero-order chi connectivity index (χ0) is 14.8. The van der Waals surface area contributed by atoms with Crippen molar-refractivity contribution in [2.75, 3.05) is 0 Å². The Bertz CT molecular complexity index is 650. The van der Waals surface area contributed by atoms with Gasteiger partial charge in [-0.25, -0.2) is 4.79 Å². The van der Waals surface area contributed by atoms with E-state index in [9.17, 15) is 9.90 Å². The first-order valence-corrected chi connectivity index (χ1v) is 7.73. The first-order chi connectivity index (χ1) is 10.2. The van der Waals surface area contributed by atoms with Crippen LogP contribution >= 0.6 is 0 Å². The second kappa shape index (κ2) is 5.90. The van der Waals surface area contributed by atoms with Crippen LogP contribution in [0.5, 0.6) is 0 Å². The molecule has 1 N–H and O–H groups in total. The fourth-order valence-corrected chi connectivity index (χ4v) is 2.68. The molecule has 1 aromatic heterocycles. The average Bonchev–Trinajstić information content (AvgIpc) is 3.26. The van der Waals surface area contributed by atoms with Crippen LogP contribution in [0.15, 0.2) is 41.5 Å². The van der Waals surface area contributed by atoms with E-state index >= 15 is 0 Å². The number of aliphatic hydroxyl groups is 1. The van der Waals surface area contributed by atoms with Gasteiger partial charge >= 0.3 is 5.69 Å². The van der Waals surface area contributed by atoms with Crippen LogP contribution in [-0.4, -0.2) is 14.2 Å². The second-order valence-electron chi connectivity index (χ2n) is 5.88. The van der Waals surface area contributed by atoms with E-state index in [0.717, 1.165) is 31.2 Å². The number of aliphatic hydroxyl groups excluding tert-OH is 1. The predicted molar refractivity (Wildman–Crippen MR) is 82.4 cm³/mol. The Morgan fingerprint density at radius 2 is 1.95 bits per heavy atom. The molecule has 4 nitrogen and oxygen atoms in total. The Hall–Kier alpha value is -1.81. The normalized spacial score (nSPS) is 16.1. The van der Waals surface area contributed by atoms with E-state index in [1.165, 1.54) is 5.56 Å². The first kappa shape index (κ1) is 14.1. The van der Waals surface area contributed by atoms with Gasteiger partial charge < -0.3 is 5.11 Å². The van der Waals surface area contributed by atoms with Gasteiger partial charge in [0.2, 0.25) is 0 Å². The molecule has 4 heteroatoms. The third kappa shape index (κ3) is 3.10. The number of benzene rings is 1. The Morgan fingerprint density at radius 3 is 2.57 bits per heavy atom. The number of nitrogens with zero attached hydrogens (tertiary/aromatic N) is 2. The minimum Gasteiger partial charge on any atom is -0.387 e. The molecule has 1 saturated carbocycles. The molecule has 1 unspecified atom stereocenters. The van der Waals surface area contributed by atoms with Gasteiger partial charge in [0.05, 0.1) is 12.6 Å². The molecule has 0 radical (unpaired) electrons. The zero-order valence-electron chi connectivity index (χ0n) is 12.4. The summed E-state index contributed by atoms with van der Waals surface area (Å²) in [6.07, 6.45) is 7.31. The van der Waals surface area contributed by atoms with E-state index in [4.69, 9.17) is 0 Å². The van der Waals surface area contributed by atoms with Crippen molar-refractivity contribution in [3.63, 3.8) is 0 Å². The van der Waals surface area contributed by atoms with Crippen molar-refractivity contribution in [2.45, 2.75) is 51.3 Å². The van der Waals surface area contributed by atoms with Crippen LogP contribution in [0.4, 0.5) is 0 Å². The highest BCUT2D eigenvalue weighted by atomic mass is 16.3. The van der Waals surface area contributed by atoms with Crippen molar-refractivity contribution in [3.05, 3.63) is 58.3 Å². The van der Waals surface area contributed by atoms with Gasteiger partial charge in [0.1, 0.15) is 0 Å². The van der Waals surface area contributed by atoms with Crippen LogP contribution in [0.3, 0.4) is 0 Å². The maximum atomic E-state index is 12.2. The lowest BCUT2D eigenvalue weighted by Crippen LogP contribution is -2.25. The minimum atomic E-state index is -0.645. The van der Waals surface area contributed by atoms with Gasteiger partial charge in [-0.3, -0.25) is 9.13 Å². The van der Waals surface area contributed by atoms with Crippen LogP contribution in [0.25, 0.3) is 0 Å². The molecule has 0 spiro atoms. The van der Waals surface area contributed by atoms with Gasteiger partial charge in [-0.1, -0.05) is 37.6 Å². The van der Waals surface area contributed by atoms with Crippen molar-refractivity contribution < 1.29 is 5.11 Å². The number of hydrogen-bond donors (Lipinski definition) is 1. The molecule has 0 saturated heterocycles. The molecular weight excluding hydrogens is 264 g/mol. The van der Waals surface area contributed by atoms with Crippen LogP contribution < -0.4 is 5.69 Å². The number of rotatable bonds is 6. The van der Waals surface area contributed by atoms with Gasteiger partial charge in [-0.15, -0.1) is 0 Å². The lowest BCUT2D eigenvalue weighted by Gasteiger charge is -2.12. The summed E-state index contributed by atoms with van der Waals surface area (Å²) in [5, 5.41) is 10.3. The summed E-state index contributed by atoms with van der Waals surface area (Å²) < 4.78 is 3.38. The van der Waals surface area contributed by atoms with E-state index in [1.807, 2.05) is 18.3 Å². The lowest BCUT2D eigenvalue weighted by atomic mass is 10.0. The Balaban J connectivity index is 1.70. The predicted octanol–water partition coefficient (Wildman–Crippen LogP) is 2.67. The van der Waals surface area contributed by atoms with Crippen LogP contribution in [-0.2, 0) is 13.0 Å². The Kier molecular flexibility index (Phi) is 3.97. The smallest absolute Gasteiger partial charge is 0.328 e. The first-order valence-electron chi connectivity index (χ1n) is 7.73.